The second kappa shape index (κ2) is 6.97. The molecule has 1 aromatic carbocycles. The lowest BCUT2D eigenvalue weighted by atomic mass is 10.00. The van der Waals surface area contributed by atoms with Gasteiger partial charge in [-0.2, -0.15) is 15.0 Å². The molecule has 0 fully saturated rings. The van der Waals surface area contributed by atoms with Crippen molar-refractivity contribution in [2.45, 2.75) is 46.1 Å². The topological polar surface area (TPSA) is 47.8 Å². The van der Waals surface area contributed by atoms with E-state index in [0.29, 0.717) is 17.0 Å². The highest BCUT2D eigenvalue weighted by atomic mass is 79.9. The number of hydrogen-bond donors (Lipinski definition) is 0. The van der Waals surface area contributed by atoms with Gasteiger partial charge in [-0.15, -0.1) is 0 Å². The Balaban J connectivity index is 2.27. The summed E-state index contributed by atoms with van der Waals surface area (Å²) in [6, 6.07) is 3.62. The average molecular weight is 338 g/mol. The monoisotopic (exact) mass is 337 g/mol. The molecule has 1 heterocycles. The second-order valence-electron chi connectivity index (χ2n) is 5.12. The van der Waals surface area contributed by atoms with Crippen molar-refractivity contribution in [1.82, 2.24) is 15.0 Å². The van der Waals surface area contributed by atoms with Crippen LogP contribution in [0.4, 0.5) is 0 Å². The lowest BCUT2D eigenvalue weighted by Gasteiger charge is -2.12. The zero-order chi connectivity index (χ0) is 14.5. The molecule has 0 spiro atoms. The third-order valence-corrected chi connectivity index (χ3v) is 4.30. The fourth-order valence-corrected chi connectivity index (χ4v) is 2.75. The Bertz CT molecular complexity index is 594. The molecule has 2 rings (SSSR count). The van der Waals surface area contributed by atoms with E-state index in [2.05, 4.69) is 40.0 Å². The molecule has 0 radical (unpaired) electrons. The Morgan fingerprint density at radius 1 is 1.30 bits per heavy atom. The smallest absolute Gasteiger partial charge is 0.152 e. The van der Waals surface area contributed by atoms with Crippen molar-refractivity contribution in [3.05, 3.63) is 22.2 Å². The van der Waals surface area contributed by atoms with Gasteiger partial charge in [0.15, 0.2) is 6.29 Å². The molecule has 0 saturated heterocycles. The maximum absolute atomic E-state index is 11.1. The summed E-state index contributed by atoms with van der Waals surface area (Å²) in [6.45, 7) is 5.23. The van der Waals surface area contributed by atoms with Crippen molar-refractivity contribution in [2.75, 3.05) is 0 Å². The molecule has 108 valence electrons. The third kappa shape index (κ3) is 3.26. The van der Waals surface area contributed by atoms with Gasteiger partial charge in [0, 0.05) is 10.0 Å². The lowest BCUT2D eigenvalue weighted by Crippen LogP contribution is -2.12. The summed E-state index contributed by atoms with van der Waals surface area (Å²) < 4.78 is 0.881. The van der Waals surface area contributed by atoms with Crippen molar-refractivity contribution in [1.29, 1.82) is 0 Å². The van der Waals surface area contributed by atoms with Gasteiger partial charge in [0.2, 0.25) is 0 Å². The number of benzene rings is 1. The first kappa shape index (κ1) is 15.2. The van der Waals surface area contributed by atoms with E-state index in [1.165, 1.54) is 19.3 Å². The Kier molecular flexibility index (Phi) is 5.29. The summed E-state index contributed by atoms with van der Waals surface area (Å²) in [7, 11) is 0. The molecular weight excluding hydrogens is 318 g/mol. The standard InChI is InChI=1S/C15H20BrN3O/c1-3-5-6-11(4-2)9-19-17-14-12(10-20)7-8-13(16)15(14)18-19/h7-8,10-11H,3-6,9H2,1-2H3. The molecule has 1 unspecified atom stereocenters. The molecule has 0 saturated carbocycles. The molecule has 0 aliphatic carbocycles. The average Bonchev–Trinajstić information content (AvgIpc) is 2.88. The minimum absolute atomic E-state index is 0.593. The molecular formula is C15H20BrN3O. The van der Waals surface area contributed by atoms with Gasteiger partial charge < -0.3 is 0 Å². The van der Waals surface area contributed by atoms with Crippen LogP contribution >= 0.6 is 15.9 Å². The van der Waals surface area contributed by atoms with E-state index in [0.717, 1.165) is 29.2 Å². The predicted octanol–water partition coefficient (Wildman–Crippen LogP) is 4.22. The summed E-state index contributed by atoms with van der Waals surface area (Å²) >= 11 is 3.47. The Labute approximate surface area is 127 Å². The van der Waals surface area contributed by atoms with Crippen LogP contribution in [0.3, 0.4) is 0 Å². The third-order valence-electron chi connectivity index (χ3n) is 3.66. The van der Waals surface area contributed by atoms with Gasteiger partial charge in [-0.05, 0) is 40.4 Å². The lowest BCUT2D eigenvalue weighted by molar-refractivity contribution is 0.112. The van der Waals surface area contributed by atoms with Crippen LogP contribution in [0.15, 0.2) is 16.6 Å². The summed E-state index contributed by atoms with van der Waals surface area (Å²) in [5.41, 5.74) is 2.04. The normalized spacial score (nSPS) is 12.8. The van der Waals surface area contributed by atoms with Crippen LogP contribution in [0.25, 0.3) is 11.0 Å². The van der Waals surface area contributed by atoms with Gasteiger partial charge in [-0.25, -0.2) is 0 Å². The van der Waals surface area contributed by atoms with Crippen LogP contribution in [0.1, 0.15) is 49.9 Å². The number of unbranched alkanes of at least 4 members (excludes halogenated alkanes) is 1. The van der Waals surface area contributed by atoms with E-state index in [9.17, 15) is 4.79 Å². The maximum atomic E-state index is 11.1. The first-order valence-corrected chi connectivity index (χ1v) is 7.97. The number of aromatic nitrogens is 3. The van der Waals surface area contributed by atoms with E-state index in [4.69, 9.17) is 0 Å². The number of rotatable bonds is 7. The molecule has 1 atom stereocenters. The van der Waals surface area contributed by atoms with Crippen LogP contribution < -0.4 is 0 Å². The number of hydrogen-bond acceptors (Lipinski definition) is 3. The first-order valence-electron chi connectivity index (χ1n) is 7.18. The number of nitrogens with zero attached hydrogens (tertiary/aromatic N) is 3. The van der Waals surface area contributed by atoms with Crippen LogP contribution in [0, 0.1) is 5.92 Å². The number of carbonyl (C=O) groups excluding carboxylic acids is 1. The van der Waals surface area contributed by atoms with Gasteiger partial charge in [0.25, 0.3) is 0 Å². The molecule has 0 bridgehead atoms. The number of aldehydes is 1. The summed E-state index contributed by atoms with van der Waals surface area (Å²) in [4.78, 5) is 12.8. The molecule has 20 heavy (non-hydrogen) atoms. The number of fused-ring (bicyclic) bond motifs is 1. The molecule has 0 N–H and O–H groups in total. The number of carbonyl (C=O) groups is 1. The summed E-state index contributed by atoms with van der Waals surface area (Å²) in [5, 5.41) is 9.00. The van der Waals surface area contributed by atoms with E-state index in [-0.39, 0.29) is 0 Å². The minimum Gasteiger partial charge on any atom is -0.298 e. The zero-order valence-electron chi connectivity index (χ0n) is 12.0. The van der Waals surface area contributed by atoms with Crippen LogP contribution in [-0.4, -0.2) is 21.3 Å². The van der Waals surface area contributed by atoms with Crippen molar-refractivity contribution in [2.24, 2.45) is 5.92 Å². The molecule has 4 nitrogen and oxygen atoms in total. The maximum Gasteiger partial charge on any atom is 0.152 e. The zero-order valence-corrected chi connectivity index (χ0v) is 13.6. The van der Waals surface area contributed by atoms with E-state index >= 15 is 0 Å². The highest BCUT2D eigenvalue weighted by molar-refractivity contribution is 9.10. The Morgan fingerprint density at radius 3 is 2.70 bits per heavy atom. The molecule has 2 aromatic rings. The highest BCUT2D eigenvalue weighted by Crippen LogP contribution is 2.24. The van der Waals surface area contributed by atoms with Crippen LogP contribution in [0.5, 0.6) is 0 Å². The first-order chi connectivity index (χ1) is 9.69. The molecule has 0 amide bonds. The van der Waals surface area contributed by atoms with Crippen molar-refractivity contribution in [3.8, 4) is 0 Å². The van der Waals surface area contributed by atoms with Crippen LogP contribution in [-0.2, 0) is 6.54 Å². The van der Waals surface area contributed by atoms with Gasteiger partial charge >= 0.3 is 0 Å². The van der Waals surface area contributed by atoms with E-state index < -0.39 is 0 Å². The largest absolute Gasteiger partial charge is 0.298 e. The van der Waals surface area contributed by atoms with E-state index in [1.54, 1.807) is 10.9 Å². The van der Waals surface area contributed by atoms with Gasteiger partial charge in [0.05, 0.1) is 6.54 Å². The summed E-state index contributed by atoms with van der Waals surface area (Å²) in [5.74, 6) is 0.593. The fraction of sp³-hybridized carbons (Fsp3) is 0.533. The molecule has 0 aliphatic heterocycles. The SMILES string of the molecule is CCCCC(CC)Cn1nc2c(Br)ccc(C=O)c2n1. The second-order valence-corrected chi connectivity index (χ2v) is 5.98. The Hall–Kier alpha value is -1.23. The molecule has 1 aromatic heterocycles. The van der Waals surface area contributed by atoms with Crippen molar-refractivity contribution >= 4 is 33.2 Å². The fourth-order valence-electron chi connectivity index (χ4n) is 2.35. The number of halogens is 1. The van der Waals surface area contributed by atoms with Gasteiger partial charge in [-0.1, -0.05) is 33.1 Å². The van der Waals surface area contributed by atoms with Crippen LogP contribution in [0.2, 0.25) is 0 Å². The minimum atomic E-state index is 0.593. The predicted molar refractivity (Wildman–Crippen MR) is 83.9 cm³/mol. The highest BCUT2D eigenvalue weighted by Gasteiger charge is 2.13. The molecule has 0 aliphatic rings. The molecule has 5 heteroatoms. The van der Waals surface area contributed by atoms with Crippen molar-refractivity contribution in [3.63, 3.8) is 0 Å². The van der Waals surface area contributed by atoms with E-state index in [1.807, 2.05) is 6.07 Å². The quantitative estimate of drug-likeness (QED) is 0.710. The van der Waals surface area contributed by atoms with Gasteiger partial charge in [-0.3, -0.25) is 4.79 Å². The van der Waals surface area contributed by atoms with Gasteiger partial charge in [0.1, 0.15) is 11.0 Å². The van der Waals surface area contributed by atoms with Crippen molar-refractivity contribution < 1.29 is 4.79 Å². The Morgan fingerprint density at radius 2 is 2.05 bits per heavy atom. The summed E-state index contributed by atoms with van der Waals surface area (Å²) in [6.07, 6.45) is 5.61.